The Morgan fingerprint density at radius 2 is 1.78 bits per heavy atom. The van der Waals surface area contributed by atoms with Crippen LogP contribution in [0.3, 0.4) is 0 Å². The van der Waals surface area contributed by atoms with Gasteiger partial charge in [0, 0.05) is 22.2 Å². The van der Waals surface area contributed by atoms with E-state index in [4.69, 9.17) is 16.3 Å². The number of imide groups is 1. The SMILES string of the molecule is CC1=C(C#N)C(=O)N(C2CCCC2)C(=O)/C1=C/c1ccc(OCc2ccccc2Cl)cc1. The first kappa shape index (κ1) is 21.9. The third kappa shape index (κ3) is 4.32. The number of rotatable bonds is 5. The van der Waals surface area contributed by atoms with Gasteiger partial charge in [0.15, 0.2) is 0 Å². The molecule has 0 unspecified atom stereocenters. The molecule has 2 aliphatic rings. The van der Waals surface area contributed by atoms with Gasteiger partial charge in [-0.3, -0.25) is 14.5 Å². The number of hydrogen-bond acceptors (Lipinski definition) is 4. The summed E-state index contributed by atoms with van der Waals surface area (Å²) in [7, 11) is 0. The van der Waals surface area contributed by atoms with E-state index in [0.717, 1.165) is 36.8 Å². The Labute approximate surface area is 192 Å². The molecule has 1 saturated carbocycles. The number of nitrogens with zero attached hydrogens (tertiary/aromatic N) is 2. The third-order valence-electron chi connectivity index (χ3n) is 6.01. The largest absolute Gasteiger partial charge is 0.489 e. The van der Waals surface area contributed by atoms with Crippen LogP contribution in [-0.4, -0.2) is 22.8 Å². The Bertz CT molecular complexity index is 1150. The Morgan fingerprint density at radius 1 is 1.09 bits per heavy atom. The van der Waals surface area contributed by atoms with E-state index in [0.29, 0.717) is 28.5 Å². The van der Waals surface area contributed by atoms with Crippen molar-refractivity contribution in [1.82, 2.24) is 4.90 Å². The maximum Gasteiger partial charge on any atom is 0.271 e. The van der Waals surface area contributed by atoms with E-state index in [9.17, 15) is 14.9 Å². The molecule has 0 N–H and O–H groups in total. The number of ether oxygens (including phenoxy) is 1. The summed E-state index contributed by atoms with van der Waals surface area (Å²) in [6.45, 7) is 2.01. The molecule has 2 amide bonds. The summed E-state index contributed by atoms with van der Waals surface area (Å²) in [5.74, 6) is -0.116. The van der Waals surface area contributed by atoms with Crippen LogP contribution < -0.4 is 4.74 Å². The molecule has 0 radical (unpaired) electrons. The summed E-state index contributed by atoms with van der Waals surface area (Å²) in [5, 5.41) is 10.2. The van der Waals surface area contributed by atoms with Crippen LogP contribution in [0.15, 0.2) is 65.3 Å². The fraction of sp³-hybridized carbons (Fsp3) is 0.269. The molecule has 4 rings (SSSR count). The molecule has 0 atom stereocenters. The third-order valence-corrected chi connectivity index (χ3v) is 6.37. The second-order valence-electron chi connectivity index (χ2n) is 8.04. The van der Waals surface area contributed by atoms with Gasteiger partial charge in [0.05, 0.1) is 0 Å². The fourth-order valence-corrected chi connectivity index (χ4v) is 4.39. The monoisotopic (exact) mass is 446 g/mol. The molecule has 1 aliphatic heterocycles. The number of amides is 2. The zero-order valence-corrected chi connectivity index (χ0v) is 18.6. The minimum absolute atomic E-state index is 0.0439. The molecule has 5 nitrogen and oxygen atoms in total. The number of carbonyl (C=O) groups excluding carboxylic acids is 2. The molecule has 1 aliphatic carbocycles. The van der Waals surface area contributed by atoms with E-state index in [1.54, 1.807) is 13.0 Å². The quantitative estimate of drug-likeness (QED) is 0.452. The molecule has 1 heterocycles. The van der Waals surface area contributed by atoms with E-state index in [1.807, 2.05) is 54.6 Å². The van der Waals surface area contributed by atoms with Crippen LogP contribution in [0, 0.1) is 11.3 Å². The highest BCUT2D eigenvalue weighted by Gasteiger charge is 2.40. The van der Waals surface area contributed by atoms with Crippen LogP contribution in [0.1, 0.15) is 43.7 Å². The van der Waals surface area contributed by atoms with Gasteiger partial charge < -0.3 is 4.74 Å². The van der Waals surface area contributed by atoms with Gasteiger partial charge in [-0.05, 0) is 55.2 Å². The molecular weight excluding hydrogens is 424 g/mol. The Balaban J connectivity index is 1.57. The summed E-state index contributed by atoms with van der Waals surface area (Å²) < 4.78 is 5.82. The summed E-state index contributed by atoms with van der Waals surface area (Å²) in [5.41, 5.74) is 2.54. The van der Waals surface area contributed by atoms with Crippen LogP contribution in [0.25, 0.3) is 6.08 Å². The van der Waals surface area contributed by atoms with Gasteiger partial charge in [0.2, 0.25) is 0 Å². The molecule has 6 heteroatoms. The van der Waals surface area contributed by atoms with Crippen LogP contribution in [0.4, 0.5) is 0 Å². The van der Waals surface area contributed by atoms with E-state index in [2.05, 4.69) is 0 Å². The minimum Gasteiger partial charge on any atom is -0.489 e. The smallest absolute Gasteiger partial charge is 0.271 e. The van der Waals surface area contributed by atoms with Gasteiger partial charge in [-0.15, -0.1) is 0 Å². The maximum absolute atomic E-state index is 13.2. The number of halogens is 1. The van der Waals surface area contributed by atoms with Crippen molar-refractivity contribution in [1.29, 1.82) is 5.26 Å². The first-order valence-corrected chi connectivity index (χ1v) is 11.0. The van der Waals surface area contributed by atoms with Crippen LogP contribution >= 0.6 is 11.6 Å². The average molecular weight is 447 g/mol. The Kier molecular flexibility index (Phi) is 6.43. The molecule has 0 aromatic heterocycles. The van der Waals surface area contributed by atoms with Crippen molar-refractivity contribution >= 4 is 29.5 Å². The molecule has 162 valence electrons. The molecule has 0 saturated heterocycles. The number of hydrogen-bond donors (Lipinski definition) is 0. The average Bonchev–Trinajstić information content (AvgIpc) is 3.32. The van der Waals surface area contributed by atoms with E-state index in [1.165, 1.54) is 4.90 Å². The summed E-state index contributed by atoms with van der Waals surface area (Å²) in [6.07, 6.45) is 5.29. The predicted octanol–water partition coefficient (Wildman–Crippen LogP) is 5.45. The van der Waals surface area contributed by atoms with Crippen molar-refractivity contribution < 1.29 is 14.3 Å². The number of benzene rings is 2. The molecule has 32 heavy (non-hydrogen) atoms. The lowest BCUT2D eigenvalue weighted by Gasteiger charge is -2.32. The van der Waals surface area contributed by atoms with E-state index < -0.39 is 5.91 Å². The highest BCUT2D eigenvalue weighted by molar-refractivity contribution is 6.31. The molecule has 2 aromatic rings. The highest BCUT2D eigenvalue weighted by atomic mass is 35.5. The lowest BCUT2D eigenvalue weighted by molar-refractivity contribution is -0.143. The molecule has 0 spiro atoms. The van der Waals surface area contributed by atoms with E-state index >= 15 is 0 Å². The topological polar surface area (TPSA) is 70.4 Å². The second kappa shape index (κ2) is 9.42. The number of nitriles is 1. The van der Waals surface area contributed by atoms with Crippen molar-refractivity contribution in [2.24, 2.45) is 0 Å². The number of carbonyl (C=O) groups is 2. The predicted molar refractivity (Wildman–Crippen MR) is 123 cm³/mol. The van der Waals surface area contributed by atoms with Gasteiger partial charge in [-0.2, -0.15) is 5.26 Å². The zero-order valence-electron chi connectivity index (χ0n) is 17.8. The van der Waals surface area contributed by atoms with Gasteiger partial charge in [-0.25, -0.2) is 0 Å². The van der Waals surface area contributed by atoms with Gasteiger partial charge >= 0.3 is 0 Å². The minimum atomic E-state index is -0.470. The van der Waals surface area contributed by atoms with Gasteiger partial charge in [0.25, 0.3) is 11.8 Å². The molecular formula is C26H23ClN2O3. The molecule has 1 fully saturated rings. The van der Waals surface area contributed by atoms with E-state index in [-0.39, 0.29) is 17.5 Å². The van der Waals surface area contributed by atoms with Gasteiger partial charge in [0.1, 0.15) is 24.0 Å². The van der Waals surface area contributed by atoms with Crippen LogP contribution in [0.2, 0.25) is 5.02 Å². The van der Waals surface area contributed by atoms with Crippen molar-refractivity contribution in [2.75, 3.05) is 0 Å². The second-order valence-corrected chi connectivity index (χ2v) is 8.44. The standard InChI is InChI=1S/C26H23ClN2O3/c1-17-22(25(30)29(20-7-3-4-8-20)26(31)23(17)15-28)14-18-10-12-21(13-11-18)32-16-19-6-2-5-9-24(19)27/h2,5-6,9-14,20H,3-4,7-8,16H2,1H3/b22-14+. The summed E-state index contributed by atoms with van der Waals surface area (Å²) >= 11 is 6.17. The maximum atomic E-state index is 13.2. The first-order chi connectivity index (χ1) is 15.5. The fourth-order valence-electron chi connectivity index (χ4n) is 4.20. The van der Waals surface area contributed by atoms with Crippen molar-refractivity contribution in [3.05, 3.63) is 81.4 Å². The zero-order chi connectivity index (χ0) is 22.7. The Morgan fingerprint density at radius 3 is 2.44 bits per heavy atom. The van der Waals surface area contributed by atoms with Crippen LogP contribution in [0.5, 0.6) is 5.75 Å². The highest BCUT2D eigenvalue weighted by Crippen LogP contribution is 2.33. The first-order valence-electron chi connectivity index (χ1n) is 10.7. The summed E-state index contributed by atoms with van der Waals surface area (Å²) in [6, 6.07) is 16.7. The molecule has 2 aromatic carbocycles. The van der Waals surface area contributed by atoms with Crippen molar-refractivity contribution in [2.45, 2.75) is 45.3 Å². The van der Waals surface area contributed by atoms with Crippen LogP contribution in [-0.2, 0) is 16.2 Å². The molecule has 0 bridgehead atoms. The summed E-state index contributed by atoms with van der Waals surface area (Å²) in [4.78, 5) is 27.3. The lowest BCUT2D eigenvalue weighted by atomic mass is 9.92. The normalized spacial score (nSPS) is 18.4. The van der Waals surface area contributed by atoms with Crippen molar-refractivity contribution in [3.8, 4) is 11.8 Å². The lowest BCUT2D eigenvalue weighted by Crippen LogP contribution is -2.47. The van der Waals surface area contributed by atoms with Crippen molar-refractivity contribution in [3.63, 3.8) is 0 Å². The van der Waals surface area contributed by atoms with Gasteiger partial charge in [-0.1, -0.05) is 54.8 Å². The Hall–Kier alpha value is -3.36.